The van der Waals surface area contributed by atoms with Gasteiger partial charge in [0.2, 0.25) is 15.9 Å². The van der Waals surface area contributed by atoms with Gasteiger partial charge in [-0.3, -0.25) is 4.79 Å². The zero-order chi connectivity index (χ0) is 13.9. The zero-order valence-corrected chi connectivity index (χ0v) is 11.4. The Morgan fingerprint density at radius 3 is 2.47 bits per heavy atom. The summed E-state index contributed by atoms with van der Waals surface area (Å²) in [4.78, 5) is 11.5. The summed E-state index contributed by atoms with van der Waals surface area (Å²) in [5.74, 6) is 0.269. The third kappa shape index (κ3) is 3.93. The predicted octanol–water partition coefficient (Wildman–Crippen LogP) is 0.252. The molecule has 1 amide bonds. The monoisotopic (exact) mass is 284 g/mol. The molecule has 104 valence electrons. The molecule has 1 aromatic rings. The molecule has 0 unspecified atom stereocenters. The van der Waals surface area contributed by atoms with Crippen molar-refractivity contribution in [1.29, 1.82) is 0 Å². The summed E-state index contributed by atoms with van der Waals surface area (Å²) in [7, 11) is -2.16. The molecular weight excluding hydrogens is 268 g/mol. The first-order chi connectivity index (χ1) is 9.01. The molecule has 0 atom stereocenters. The van der Waals surface area contributed by atoms with Crippen molar-refractivity contribution in [2.45, 2.75) is 23.8 Å². The molecule has 0 radical (unpaired) electrons. The molecule has 2 rings (SSSR count). The van der Waals surface area contributed by atoms with Gasteiger partial charge in [0.25, 0.3) is 0 Å². The topological polar surface area (TPSA) is 84.5 Å². The van der Waals surface area contributed by atoms with Crippen LogP contribution in [0.5, 0.6) is 5.75 Å². The molecule has 1 aliphatic carbocycles. The molecule has 1 aromatic carbocycles. The number of methoxy groups -OCH3 is 1. The number of rotatable bonds is 6. The Balaban J connectivity index is 1.94. The largest absolute Gasteiger partial charge is 0.497 e. The van der Waals surface area contributed by atoms with Crippen LogP contribution in [-0.4, -0.2) is 34.0 Å². The SMILES string of the molecule is COc1ccc(S(=O)(=O)NCC(=O)NC2CC2)cc1. The van der Waals surface area contributed by atoms with E-state index in [4.69, 9.17) is 4.74 Å². The number of ether oxygens (including phenoxy) is 1. The highest BCUT2D eigenvalue weighted by Crippen LogP contribution is 2.18. The molecule has 1 aliphatic rings. The van der Waals surface area contributed by atoms with E-state index in [2.05, 4.69) is 10.0 Å². The van der Waals surface area contributed by atoms with Gasteiger partial charge in [-0.25, -0.2) is 13.1 Å². The number of hydrogen-bond donors (Lipinski definition) is 2. The number of carbonyl (C=O) groups is 1. The van der Waals surface area contributed by atoms with E-state index in [1.165, 1.54) is 19.2 Å². The second kappa shape index (κ2) is 5.58. The lowest BCUT2D eigenvalue weighted by Gasteiger charge is -2.07. The van der Waals surface area contributed by atoms with E-state index >= 15 is 0 Å². The van der Waals surface area contributed by atoms with Crippen molar-refractivity contribution < 1.29 is 17.9 Å². The molecule has 0 spiro atoms. The highest BCUT2D eigenvalue weighted by molar-refractivity contribution is 7.89. The lowest BCUT2D eigenvalue weighted by atomic mass is 10.3. The van der Waals surface area contributed by atoms with Crippen molar-refractivity contribution in [3.05, 3.63) is 24.3 Å². The van der Waals surface area contributed by atoms with Gasteiger partial charge in [-0.1, -0.05) is 0 Å². The Labute approximate surface area is 112 Å². The van der Waals surface area contributed by atoms with Gasteiger partial charge in [0, 0.05) is 6.04 Å². The predicted molar refractivity (Wildman–Crippen MR) is 69.3 cm³/mol. The van der Waals surface area contributed by atoms with E-state index in [1.54, 1.807) is 12.1 Å². The summed E-state index contributed by atoms with van der Waals surface area (Å²) >= 11 is 0. The minimum atomic E-state index is -3.66. The molecule has 1 saturated carbocycles. The lowest BCUT2D eigenvalue weighted by molar-refractivity contribution is -0.120. The van der Waals surface area contributed by atoms with Gasteiger partial charge in [0.1, 0.15) is 5.75 Å². The summed E-state index contributed by atoms with van der Waals surface area (Å²) in [6.07, 6.45) is 1.94. The van der Waals surface area contributed by atoms with E-state index in [-0.39, 0.29) is 23.4 Å². The Bertz CT molecular complexity index is 550. The smallest absolute Gasteiger partial charge is 0.241 e. The van der Waals surface area contributed by atoms with Crippen LogP contribution in [0.3, 0.4) is 0 Å². The third-order valence-corrected chi connectivity index (χ3v) is 4.15. The standard InChI is InChI=1S/C12H16N2O4S/c1-18-10-4-6-11(7-5-10)19(16,17)13-8-12(15)14-9-2-3-9/h4-7,9,13H,2-3,8H2,1H3,(H,14,15). The number of sulfonamides is 1. The maximum atomic E-state index is 11.9. The van der Waals surface area contributed by atoms with Crippen LogP contribution in [0.4, 0.5) is 0 Å². The molecule has 0 aromatic heterocycles. The molecule has 7 heteroatoms. The van der Waals surface area contributed by atoms with Crippen molar-refractivity contribution in [3.63, 3.8) is 0 Å². The first-order valence-electron chi connectivity index (χ1n) is 5.94. The van der Waals surface area contributed by atoms with Crippen LogP contribution >= 0.6 is 0 Å². The summed E-state index contributed by atoms with van der Waals surface area (Å²) in [5, 5.41) is 2.71. The quantitative estimate of drug-likeness (QED) is 0.784. The van der Waals surface area contributed by atoms with Gasteiger partial charge < -0.3 is 10.1 Å². The minimum Gasteiger partial charge on any atom is -0.497 e. The molecule has 19 heavy (non-hydrogen) atoms. The molecule has 0 saturated heterocycles. The highest BCUT2D eigenvalue weighted by Gasteiger charge is 2.24. The van der Waals surface area contributed by atoms with Crippen LogP contribution in [-0.2, 0) is 14.8 Å². The lowest BCUT2D eigenvalue weighted by Crippen LogP contribution is -2.37. The summed E-state index contributed by atoms with van der Waals surface area (Å²) in [5.41, 5.74) is 0. The fraction of sp³-hybridized carbons (Fsp3) is 0.417. The highest BCUT2D eigenvalue weighted by atomic mass is 32.2. The van der Waals surface area contributed by atoms with Crippen LogP contribution in [0.15, 0.2) is 29.2 Å². The first-order valence-corrected chi connectivity index (χ1v) is 7.42. The van der Waals surface area contributed by atoms with E-state index in [0.717, 1.165) is 12.8 Å². The van der Waals surface area contributed by atoms with E-state index in [9.17, 15) is 13.2 Å². The minimum absolute atomic E-state index is 0.104. The first kappa shape index (κ1) is 13.8. The van der Waals surface area contributed by atoms with Crippen LogP contribution in [0.25, 0.3) is 0 Å². The Morgan fingerprint density at radius 1 is 1.32 bits per heavy atom. The molecule has 0 aliphatic heterocycles. The normalized spacial score (nSPS) is 15.0. The van der Waals surface area contributed by atoms with Gasteiger partial charge in [-0.2, -0.15) is 0 Å². The van der Waals surface area contributed by atoms with Crippen molar-refractivity contribution in [3.8, 4) is 5.75 Å². The zero-order valence-electron chi connectivity index (χ0n) is 10.5. The van der Waals surface area contributed by atoms with E-state index in [1.807, 2.05) is 0 Å². The van der Waals surface area contributed by atoms with Gasteiger partial charge in [-0.15, -0.1) is 0 Å². The van der Waals surface area contributed by atoms with Crippen LogP contribution in [0.1, 0.15) is 12.8 Å². The van der Waals surface area contributed by atoms with E-state index in [0.29, 0.717) is 5.75 Å². The molecule has 2 N–H and O–H groups in total. The van der Waals surface area contributed by atoms with Crippen LogP contribution < -0.4 is 14.8 Å². The average molecular weight is 284 g/mol. The number of benzene rings is 1. The van der Waals surface area contributed by atoms with Crippen molar-refractivity contribution in [2.24, 2.45) is 0 Å². The Hall–Kier alpha value is -1.60. The van der Waals surface area contributed by atoms with Gasteiger partial charge in [0.15, 0.2) is 0 Å². The number of amides is 1. The van der Waals surface area contributed by atoms with Gasteiger partial charge in [0.05, 0.1) is 18.6 Å². The van der Waals surface area contributed by atoms with Crippen molar-refractivity contribution >= 4 is 15.9 Å². The summed E-state index contributed by atoms with van der Waals surface area (Å²) < 4.78 is 31.0. The fourth-order valence-corrected chi connectivity index (χ4v) is 2.49. The van der Waals surface area contributed by atoms with Crippen molar-refractivity contribution in [1.82, 2.24) is 10.0 Å². The average Bonchev–Trinajstić information content (AvgIpc) is 3.20. The third-order valence-electron chi connectivity index (χ3n) is 2.73. The maximum absolute atomic E-state index is 11.9. The molecule has 0 bridgehead atoms. The number of nitrogens with one attached hydrogen (secondary N) is 2. The summed E-state index contributed by atoms with van der Waals surface area (Å²) in [6, 6.07) is 6.19. The maximum Gasteiger partial charge on any atom is 0.241 e. The van der Waals surface area contributed by atoms with Crippen LogP contribution in [0, 0.1) is 0 Å². The van der Waals surface area contributed by atoms with Gasteiger partial charge >= 0.3 is 0 Å². The summed E-state index contributed by atoms with van der Waals surface area (Å²) in [6.45, 7) is -0.245. The van der Waals surface area contributed by atoms with Crippen molar-refractivity contribution in [2.75, 3.05) is 13.7 Å². The Kier molecular flexibility index (Phi) is 4.06. The van der Waals surface area contributed by atoms with E-state index < -0.39 is 10.0 Å². The van der Waals surface area contributed by atoms with Crippen LogP contribution in [0.2, 0.25) is 0 Å². The second-order valence-electron chi connectivity index (χ2n) is 4.34. The molecule has 0 heterocycles. The Morgan fingerprint density at radius 2 is 1.95 bits per heavy atom. The number of hydrogen-bond acceptors (Lipinski definition) is 4. The van der Waals surface area contributed by atoms with Gasteiger partial charge in [-0.05, 0) is 37.1 Å². The number of carbonyl (C=O) groups excluding carboxylic acids is 1. The molecular formula is C12H16N2O4S. The fourth-order valence-electron chi connectivity index (χ4n) is 1.51. The second-order valence-corrected chi connectivity index (χ2v) is 6.11. The molecule has 1 fully saturated rings. The molecule has 6 nitrogen and oxygen atoms in total.